The first-order valence-electron chi connectivity index (χ1n) is 6.10. The van der Waals surface area contributed by atoms with E-state index in [-0.39, 0.29) is 6.04 Å². The summed E-state index contributed by atoms with van der Waals surface area (Å²) < 4.78 is 0. The van der Waals surface area contributed by atoms with Gasteiger partial charge in [0.15, 0.2) is 0 Å². The molecule has 3 heteroatoms. The van der Waals surface area contributed by atoms with Gasteiger partial charge in [-0.15, -0.1) is 0 Å². The number of likely N-dealkylation sites (tertiary alicyclic amines) is 1. The van der Waals surface area contributed by atoms with Crippen LogP contribution in [0.5, 0.6) is 0 Å². The van der Waals surface area contributed by atoms with Crippen molar-refractivity contribution in [3.05, 3.63) is 0 Å². The van der Waals surface area contributed by atoms with Crippen molar-refractivity contribution in [2.24, 2.45) is 0 Å². The Morgan fingerprint density at radius 1 is 1.27 bits per heavy atom. The first-order valence-corrected chi connectivity index (χ1v) is 6.10. The van der Waals surface area contributed by atoms with Crippen LogP contribution in [0.3, 0.4) is 0 Å². The van der Waals surface area contributed by atoms with Crippen molar-refractivity contribution in [1.82, 2.24) is 10.2 Å². The zero-order chi connectivity index (χ0) is 11.5. The summed E-state index contributed by atoms with van der Waals surface area (Å²) in [6, 6.07) is 0.583. The summed E-state index contributed by atoms with van der Waals surface area (Å²) in [4.78, 5) is 2.49. The third kappa shape index (κ3) is 4.49. The van der Waals surface area contributed by atoms with Gasteiger partial charge in [-0.3, -0.25) is 0 Å². The van der Waals surface area contributed by atoms with E-state index in [0.717, 1.165) is 6.54 Å². The molecule has 3 nitrogen and oxygen atoms in total. The Morgan fingerprint density at radius 2 is 1.80 bits per heavy atom. The van der Waals surface area contributed by atoms with Crippen LogP contribution in [0.4, 0.5) is 0 Å². The van der Waals surface area contributed by atoms with Crippen LogP contribution < -0.4 is 5.32 Å². The molecule has 0 amide bonds. The average Bonchev–Trinajstić information content (AvgIpc) is 2.54. The first-order chi connectivity index (χ1) is 6.89. The molecule has 15 heavy (non-hydrogen) atoms. The summed E-state index contributed by atoms with van der Waals surface area (Å²) in [6.45, 7) is 11.5. The molecular formula is C12H26N2O. The lowest BCUT2D eigenvalue weighted by atomic mass is 10.00. The van der Waals surface area contributed by atoms with Crippen LogP contribution in [-0.2, 0) is 0 Å². The molecule has 2 unspecified atom stereocenters. The summed E-state index contributed by atoms with van der Waals surface area (Å²) in [7, 11) is 0. The van der Waals surface area contributed by atoms with Gasteiger partial charge in [0.25, 0.3) is 0 Å². The molecule has 1 heterocycles. The van der Waals surface area contributed by atoms with Gasteiger partial charge in [0.1, 0.15) is 0 Å². The largest absolute Gasteiger partial charge is 0.389 e. The lowest BCUT2D eigenvalue weighted by Crippen LogP contribution is -2.50. The van der Waals surface area contributed by atoms with Crippen molar-refractivity contribution < 1.29 is 5.11 Å². The monoisotopic (exact) mass is 214 g/mol. The van der Waals surface area contributed by atoms with Crippen molar-refractivity contribution in [2.45, 2.75) is 58.2 Å². The molecule has 0 spiro atoms. The van der Waals surface area contributed by atoms with Crippen molar-refractivity contribution in [1.29, 1.82) is 0 Å². The Morgan fingerprint density at radius 3 is 2.27 bits per heavy atom. The first kappa shape index (κ1) is 12.9. The molecule has 1 fully saturated rings. The van der Waals surface area contributed by atoms with E-state index in [1.54, 1.807) is 0 Å². The number of nitrogens with one attached hydrogen (secondary N) is 1. The molecule has 0 radical (unpaired) electrons. The van der Waals surface area contributed by atoms with Gasteiger partial charge in [0.05, 0.1) is 5.60 Å². The molecule has 0 aromatic carbocycles. The van der Waals surface area contributed by atoms with E-state index < -0.39 is 5.60 Å². The Labute approximate surface area is 93.9 Å². The fraction of sp³-hybridized carbons (Fsp3) is 1.00. The predicted octanol–water partition coefficient (Wildman–Crippen LogP) is 1.22. The Balaban J connectivity index is 2.25. The number of hydrogen-bond donors (Lipinski definition) is 2. The highest BCUT2D eigenvalue weighted by molar-refractivity contribution is 4.83. The van der Waals surface area contributed by atoms with Gasteiger partial charge >= 0.3 is 0 Å². The highest BCUT2D eigenvalue weighted by Crippen LogP contribution is 2.11. The SMILES string of the molecule is CC(CN1CCCC1)NC(C)C(C)(C)O. The Kier molecular flexibility index (Phi) is 4.56. The van der Waals surface area contributed by atoms with E-state index in [0.29, 0.717) is 6.04 Å². The summed E-state index contributed by atoms with van der Waals surface area (Å²) in [5.41, 5.74) is -0.640. The summed E-state index contributed by atoms with van der Waals surface area (Å²) in [5.74, 6) is 0. The molecule has 90 valence electrons. The Hall–Kier alpha value is -0.120. The van der Waals surface area contributed by atoms with Crippen molar-refractivity contribution >= 4 is 0 Å². The molecule has 1 aliphatic rings. The summed E-state index contributed by atoms with van der Waals surface area (Å²) >= 11 is 0. The van der Waals surface area contributed by atoms with E-state index in [9.17, 15) is 5.11 Å². The van der Waals surface area contributed by atoms with Crippen LogP contribution in [0.25, 0.3) is 0 Å². The molecule has 0 bridgehead atoms. The van der Waals surface area contributed by atoms with Gasteiger partial charge in [-0.2, -0.15) is 0 Å². The minimum Gasteiger partial charge on any atom is -0.389 e. The molecule has 2 N–H and O–H groups in total. The maximum atomic E-state index is 9.82. The highest BCUT2D eigenvalue weighted by atomic mass is 16.3. The zero-order valence-corrected chi connectivity index (χ0v) is 10.6. The highest BCUT2D eigenvalue weighted by Gasteiger charge is 2.24. The van der Waals surface area contributed by atoms with Gasteiger partial charge in [-0.05, 0) is 53.6 Å². The molecule has 2 atom stereocenters. The fourth-order valence-corrected chi connectivity index (χ4v) is 2.04. The van der Waals surface area contributed by atoms with Gasteiger partial charge < -0.3 is 15.3 Å². The zero-order valence-electron chi connectivity index (χ0n) is 10.6. The summed E-state index contributed by atoms with van der Waals surface area (Å²) in [6.07, 6.45) is 2.68. The van der Waals surface area contributed by atoms with Crippen LogP contribution in [0.2, 0.25) is 0 Å². The van der Waals surface area contributed by atoms with Crippen molar-refractivity contribution in [3.63, 3.8) is 0 Å². The number of nitrogens with zero attached hydrogens (tertiary/aromatic N) is 1. The second-order valence-electron chi connectivity index (χ2n) is 5.45. The van der Waals surface area contributed by atoms with Crippen LogP contribution in [-0.4, -0.2) is 47.3 Å². The molecular weight excluding hydrogens is 188 g/mol. The number of rotatable bonds is 5. The topological polar surface area (TPSA) is 35.5 Å². The third-order valence-electron chi connectivity index (χ3n) is 3.32. The van der Waals surface area contributed by atoms with Crippen molar-refractivity contribution in [2.75, 3.05) is 19.6 Å². The van der Waals surface area contributed by atoms with Crippen LogP contribution in [0.15, 0.2) is 0 Å². The van der Waals surface area contributed by atoms with Gasteiger partial charge in [-0.1, -0.05) is 0 Å². The normalized spacial score (nSPS) is 23.0. The lowest BCUT2D eigenvalue weighted by Gasteiger charge is -2.31. The molecule has 0 aromatic rings. The van der Waals surface area contributed by atoms with E-state index >= 15 is 0 Å². The van der Waals surface area contributed by atoms with E-state index in [1.165, 1.54) is 25.9 Å². The minimum absolute atomic E-state index is 0.134. The molecule has 1 saturated heterocycles. The van der Waals surface area contributed by atoms with Crippen molar-refractivity contribution in [3.8, 4) is 0 Å². The maximum absolute atomic E-state index is 9.82. The van der Waals surface area contributed by atoms with Gasteiger partial charge in [0, 0.05) is 18.6 Å². The fourth-order valence-electron chi connectivity index (χ4n) is 2.04. The smallest absolute Gasteiger partial charge is 0.0741 e. The Bertz CT molecular complexity index is 183. The molecule has 1 rings (SSSR count). The maximum Gasteiger partial charge on any atom is 0.0741 e. The predicted molar refractivity (Wildman–Crippen MR) is 64.0 cm³/mol. The van der Waals surface area contributed by atoms with Crippen LogP contribution >= 0.6 is 0 Å². The second-order valence-corrected chi connectivity index (χ2v) is 5.45. The lowest BCUT2D eigenvalue weighted by molar-refractivity contribution is 0.0390. The summed E-state index contributed by atoms with van der Waals surface area (Å²) in [5, 5.41) is 13.3. The van der Waals surface area contributed by atoms with Crippen LogP contribution in [0, 0.1) is 0 Å². The number of aliphatic hydroxyl groups is 1. The third-order valence-corrected chi connectivity index (χ3v) is 3.32. The standard InChI is InChI=1S/C12H26N2O/c1-10(9-14-7-5-6-8-14)13-11(2)12(3,4)15/h10-11,13,15H,5-9H2,1-4H3. The molecule has 0 aromatic heterocycles. The number of hydrogen-bond acceptors (Lipinski definition) is 3. The average molecular weight is 214 g/mol. The second kappa shape index (κ2) is 5.28. The molecule has 0 aliphatic carbocycles. The molecule has 0 saturated carbocycles. The van der Waals surface area contributed by atoms with E-state index in [4.69, 9.17) is 0 Å². The van der Waals surface area contributed by atoms with Crippen LogP contribution in [0.1, 0.15) is 40.5 Å². The quantitative estimate of drug-likeness (QED) is 0.722. The van der Waals surface area contributed by atoms with Gasteiger partial charge in [0.2, 0.25) is 0 Å². The van der Waals surface area contributed by atoms with E-state index in [1.807, 2.05) is 20.8 Å². The molecule has 1 aliphatic heterocycles. The van der Waals surface area contributed by atoms with Gasteiger partial charge in [-0.25, -0.2) is 0 Å². The van der Waals surface area contributed by atoms with E-state index in [2.05, 4.69) is 17.1 Å². The minimum atomic E-state index is -0.640.